The summed E-state index contributed by atoms with van der Waals surface area (Å²) >= 11 is 0. The van der Waals surface area contributed by atoms with Crippen LogP contribution in [0.2, 0.25) is 0 Å². The molecular formula is C12H15F2NO. The van der Waals surface area contributed by atoms with Crippen molar-refractivity contribution in [3.8, 4) is 0 Å². The molecule has 2 atom stereocenters. The maximum atomic E-state index is 13.4. The molecule has 1 aromatic rings. The molecule has 0 amide bonds. The van der Waals surface area contributed by atoms with Crippen LogP contribution in [0.25, 0.3) is 0 Å². The van der Waals surface area contributed by atoms with Crippen molar-refractivity contribution in [2.45, 2.75) is 31.4 Å². The normalized spacial score (nSPS) is 20.2. The van der Waals surface area contributed by atoms with E-state index in [0.717, 1.165) is 31.4 Å². The molecule has 1 aromatic carbocycles. The number of halogens is 2. The van der Waals surface area contributed by atoms with Crippen molar-refractivity contribution >= 4 is 0 Å². The Morgan fingerprint density at radius 2 is 1.81 bits per heavy atom. The summed E-state index contributed by atoms with van der Waals surface area (Å²) in [5, 5.41) is 9.88. The van der Waals surface area contributed by atoms with Gasteiger partial charge in [0.2, 0.25) is 0 Å². The first-order valence-electron chi connectivity index (χ1n) is 5.49. The summed E-state index contributed by atoms with van der Waals surface area (Å²) in [6, 6.07) is 2.63. The number of hydrogen-bond acceptors (Lipinski definition) is 2. The van der Waals surface area contributed by atoms with Crippen molar-refractivity contribution in [1.82, 2.24) is 0 Å². The Morgan fingerprint density at radius 3 is 2.25 bits per heavy atom. The summed E-state index contributed by atoms with van der Waals surface area (Å²) in [5.41, 5.74) is 5.51. The average Bonchev–Trinajstić information content (AvgIpc) is 2.14. The molecule has 0 aliphatic heterocycles. The van der Waals surface area contributed by atoms with E-state index >= 15 is 0 Å². The molecule has 88 valence electrons. The van der Waals surface area contributed by atoms with Crippen molar-refractivity contribution in [3.63, 3.8) is 0 Å². The van der Waals surface area contributed by atoms with Gasteiger partial charge in [-0.1, -0.05) is 12.5 Å². The summed E-state index contributed by atoms with van der Waals surface area (Å²) in [6.45, 7) is 0. The Balaban J connectivity index is 2.22. The maximum absolute atomic E-state index is 13.4. The number of benzene rings is 1. The van der Waals surface area contributed by atoms with Gasteiger partial charge in [0, 0.05) is 5.56 Å². The molecule has 2 rings (SSSR count). The van der Waals surface area contributed by atoms with Crippen LogP contribution in [0.1, 0.15) is 30.9 Å². The Labute approximate surface area is 93.1 Å². The minimum absolute atomic E-state index is 0.0778. The SMILES string of the molecule is N[C@@H](c1c(F)cccc1F)[C@H](O)C1CCC1. The van der Waals surface area contributed by atoms with E-state index in [1.165, 1.54) is 6.07 Å². The zero-order valence-corrected chi connectivity index (χ0v) is 8.87. The molecule has 3 N–H and O–H groups in total. The van der Waals surface area contributed by atoms with Crippen molar-refractivity contribution in [1.29, 1.82) is 0 Å². The van der Waals surface area contributed by atoms with Crippen LogP contribution in [0.3, 0.4) is 0 Å². The number of aliphatic hydroxyl groups is 1. The molecule has 0 heterocycles. The van der Waals surface area contributed by atoms with Gasteiger partial charge in [-0.15, -0.1) is 0 Å². The first kappa shape index (κ1) is 11.5. The molecule has 2 nitrogen and oxygen atoms in total. The van der Waals surface area contributed by atoms with Crippen molar-refractivity contribution in [3.05, 3.63) is 35.4 Å². The van der Waals surface area contributed by atoms with Crippen molar-refractivity contribution < 1.29 is 13.9 Å². The number of hydrogen-bond donors (Lipinski definition) is 2. The van der Waals surface area contributed by atoms with Crippen molar-refractivity contribution in [2.75, 3.05) is 0 Å². The zero-order valence-electron chi connectivity index (χ0n) is 8.87. The molecule has 1 aliphatic carbocycles. The van der Waals surface area contributed by atoms with Crippen LogP contribution in [-0.2, 0) is 0 Å². The van der Waals surface area contributed by atoms with Crippen LogP contribution < -0.4 is 5.73 Å². The van der Waals surface area contributed by atoms with Gasteiger partial charge in [0.15, 0.2) is 0 Å². The van der Waals surface area contributed by atoms with Gasteiger partial charge in [-0.2, -0.15) is 0 Å². The van der Waals surface area contributed by atoms with Crippen LogP contribution in [0, 0.1) is 17.6 Å². The summed E-state index contributed by atoms with van der Waals surface area (Å²) in [4.78, 5) is 0. The minimum Gasteiger partial charge on any atom is -0.391 e. The van der Waals surface area contributed by atoms with Crippen LogP contribution in [0.5, 0.6) is 0 Å². The molecule has 0 spiro atoms. The van der Waals surface area contributed by atoms with Gasteiger partial charge >= 0.3 is 0 Å². The fourth-order valence-electron chi connectivity index (χ4n) is 2.07. The monoisotopic (exact) mass is 227 g/mol. The van der Waals surface area contributed by atoms with Crippen LogP contribution in [-0.4, -0.2) is 11.2 Å². The molecule has 0 saturated heterocycles. The van der Waals surface area contributed by atoms with Gasteiger partial charge in [-0.25, -0.2) is 8.78 Å². The minimum atomic E-state index is -0.980. The number of aliphatic hydroxyl groups excluding tert-OH is 1. The Hall–Kier alpha value is -1.00. The molecule has 1 aliphatic rings. The van der Waals surface area contributed by atoms with E-state index in [9.17, 15) is 13.9 Å². The molecule has 0 radical (unpaired) electrons. The second kappa shape index (κ2) is 4.47. The molecule has 16 heavy (non-hydrogen) atoms. The smallest absolute Gasteiger partial charge is 0.131 e. The molecule has 0 aromatic heterocycles. The van der Waals surface area contributed by atoms with Gasteiger partial charge in [0.05, 0.1) is 12.1 Å². The quantitative estimate of drug-likeness (QED) is 0.830. The number of rotatable bonds is 3. The fourth-order valence-corrected chi connectivity index (χ4v) is 2.07. The van der Waals surface area contributed by atoms with Crippen LogP contribution >= 0.6 is 0 Å². The van der Waals surface area contributed by atoms with E-state index in [-0.39, 0.29) is 11.5 Å². The van der Waals surface area contributed by atoms with E-state index in [1.54, 1.807) is 0 Å². The summed E-state index contributed by atoms with van der Waals surface area (Å²) in [5.74, 6) is -1.30. The highest BCUT2D eigenvalue weighted by Gasteiger charge is 2.33. The van der Waals surface area contributed by atoms with Gasteiger partial charge < -0.3 is 10.8 Å². The predicted octanol–water partition coefficient (Wildman–Crippen LogP) is 2.13. The molecule has 1 saturated carbocycles. The van der Waals surface area contributed by atoms with Gasteiger partial charge in [0.1, 0.15) is 11.6 Å². The molecule has 1 fully saturated rings. The Bertz CT molecular complexity index is 359. The zero-order chi connectivity index (χ0) is 11.7. The van der Waals surface area contributed by atoms with Gasteiger partial charge in [-0.05, 0) is 30.9 Å². The topological polar surface area (TPSA) is 46.2 Å². The van der Waals surface area contributed by atoms with E-state index in [1.807, 2.05) is 0 Å². The fraction of sp³-hybridized carbons (Fsp3) is 0.500. The van der Waals surface area contributed by atoms with Crippen LogP contribution in [0.15, 0.2) is 18.2 Å². The third kappa shape index (κ3) is 1.95. The lowest BCUT2D eigenvalue weighted by atomic mass is 9.77. The van der Waals surface area contributed by atoms with E-state index < -0.39 is 23.8 Å². The standard InChI is InChI=1S/C12H15F2NO/c13-8-5-2-6-9(14)10(8)11(15)12(16)7-3-1-4-7/h2,5-7,11-12,16H,1,3-4,15H2/t11-,12+/m0/s1. The Kier molecular flexibility index (Phi) is 3.21. The molecule has 0 bridgehead atoms. The lowest BCUT2D eigenvalue weighted by Gasteiger charge is -2.33. The van der Waals surface area contributed by atoms with E-state index in [4.69, 9.17) is 5.73 Å². The maximum Gasteiger partial charge on any atom is 0.131 e. The molecular weight excluding hydrogens is 212 g/mol. The van der Waals surface area contributed by atoms with Crippen molar-refractivity contribution in [2.24, 2.45) is 11.7 Å². The van der Waals surface area contributed by atoms with E-state index in [2.05, 4.69) is 0 Å². The summed E-state index contributed by atoms with van der Waals surface area (Å²) < 4.78 is 26.8. The average molecular weight is 227 g/mol. The summed E-state index contributed by atoms with van der Waals surface area (Å²) in [6.07, 6.45) is 1.95. The first-order chi connectivity index (χ1) is 7.61. The third-order valence-electron chi connectivity index (χ3n) is 3.33. The predicted molar refractivity (Wildman–Crippen MR) is 56.6 cm³/mol. The van der Waals surface area contributed by atoms with E-state index in [0.29, 0.717) is 0 Å². The third-order valence-corrected chi connectivity index (χ3v) is 3.33. The second-order valence-corrected chi connectivity index (χ2v) is 4.34. The van der Waals surface area contributed by atoms with Crippen LogP contribution in [0.4, 0.5) is 8.78 Å². The summed E-state index contributed by atoms with van der Waals surface area (Å²) in [7, 11) is 0. The highest BCUT2D eigenvalue weighted by Crippen LogP contribution is 2.35. The lowest BCUT2D eigenvalue weighted by molar-refractivity contribution is 0.0395. The highest BCUT2D eigenvalue weighted by molar-refractivity contribution is 5.24. The number of nitrogens with two attached hydrogens (primary N) is 1. The molecule has 4 heteroatoms. The molecule has 0 unspecified atom stereocenters. The van der Waals surface area contributed by atoms with Gasteiger partial charge in [-0.3, -0.25) is 0 Å². The second-order valence-electron chi connectivity index (χ2n) is 4.34. The highest BCUT2D eigenvalue weighted by atomic mass is 19.1. The largest absolute Gasteiger partial charge is 0.391 e. The van der Waals surface area contributed by atoms with Gasteiger partial charge in [0.25, 0.3) is 0 Å². The first-order valence-corrected chi connectivity index (χ1v) is 5.49. The lowest BCUT2D eigenvalue weighted by Crippen LogP contribution is -2.37. The Morgan fingerprint density at radius 1 is 1.25 bits per heavy atom.